The van der Waals surface area contributed by atoms with Gasteiger partial charge in [0, 0.05) is 25.5 Å². The molecule has 1 aromatic heterocycles. The first-order valence-corrected chi connectivity index (χ1v) is 7.38. The van der Waals surface area contributed by atoms with Gasteiger partial charge in [0.25, 0.3) is 0 Å². The third kappa shape index (κ3) is 2.66. The summed E-state index contributed by atoms with van der Waals surface area (Å²) in [6, 6.07) is 1.47. The van der Waals surface area contributed by atoms with E-state index in [1.807, 2.05) is 13.8 Å². The van der Waals surface area contributed by atoms with E-state index >= 15 is 0 Å². The van der Waals surface area contributed by atoms with Crippen molar-refractivity contribution in [2.24, 2.45) is 0 Å². The Morgan fingerprint density at radius 1 is 1.50 bits per heavy atom. The van der Waals surface area contributed by atoms with Gasteiger partial charge in [0.05, 0.1) is 17.2 Å². The maximum absolute atomic E-state index is 12.4. The maximum Gasteiger partial charge on any atom is 0.246 e. The molecule has 0 spiro atoms. The van der Waals surface area contributed by atoms with Crippen molar-refractivity contribution < 1.29 is 13.2 Å². The summed E-state index contributed by atoms with van der Waals surface area (Å²) in [7, 11) is -3.60. The van der Waals surface area contributed by atoms with Crippen LogP contribution in [0.25, 0.3) is 0 Å². The van der Waals surface area contributed by atoms with Crippen molar-refractivity contribution in [2.75, 3.05) is 19.7 Å². The Morgan fingerprint density at radius 2 is 2.22 bits per heavy atom. The second kappa shape index (κ2) is 4.77. The fourth-order valence-electron chi connectivity index (χ4n) is 1.87. The highest BCUT2D eigenvalue weighted by molar-refractivity contribution is 7.89. The number of aromatic nitrogens is 1. The van der Waals surface area contributed by atoms with Crippen LogP contribution in [0.4, 0.5) is 0 Å². The molecule has 2 rings (SSSR count). The normalized spacial score (nSPS) is 20.8. The lowest BCUT2D eigenvalue weighted by molar-refractivity contribution is -0.0640. The van der Waals surface area contributed by atoms with E-state index in [2.05, 4.69) is 4.98 Å². The minimum atomic E-state index is -3.60. The maximum atomic E-state index is 12.4. The summed E-state index contributed by atoms with van der Waals surface area (Å²) in [5, 5.41) is 0.189. The Hall–Kier alpha value is -0.690. The van der Waals surface area contributed by atoms with E-state index in [9.17, 15) is 8.42 Å². The molecule has 0 aromatic carbocycles. The van der Waals surface area contributed by atoms with E-state index in [0.29, 0.717) is 19.7 Å². The van der Waals surface area contributed by atoms with Gasteiger partial charge in [-0.25, -0.2) is 8.42 Å². The molecule has 0 amide bonds. The number of pyridine rings is 1. The van der Waals surface area contributed by atoms with E-state index in [-0.39, 0.29) is 9.92 Å². The molecule has 0 radical (unpaired) electrons. The van der Waals surface area contributed by atoms with Crippen LogP contribution in [-0.4, -0.2) is 43.0 Å². The minimum Gasteiger partial charge on any atom is -0.373 e. The smallest absolute Gasteiger partial charge is 0.246 e. The van der Waals surface area contributed by atoms with Crippen molar-refractivity contribution in [3.8, 4) is 0 Å². The monoisotopic (exact) mass is 290 g/mol. The lowest BCUT2D eigenvalue weighted by atomic mass is 10.1. The second-order valence-corrected chi connectivity index (χ2v) is 7.07. The summed E-state index contributed by atoms with van der Waals surface area (Å²) in [5.41, 5.74) is -0.486. The summed E-state index contributed by atoms with van der Waals surface area (Å²) in [4.78, 5) is 3.87. The van der Waals surface area contributed by atoms with Crippen LogP contribution in [0.2, 0.25) is 5.02 Å². The zero-order valence-corrected chi connectivity index (χ0v) is 11.8. The Labute approximate surface area is 112 Å². The van der Waals surface area contributed by atoms with Crippen LogP contribution in [0.3, 0.4) is 0 Å². The molecule has 2 heterocycles. The number of rotatable bonds is 2. The zero-order valence-electron chi connectivity index (χ0n) is 10.3. The van der Waals surface area contributed by atoms with Gasteiger partial charge in [0.2, 0.25) is 10.0 Å². The van der Waals surface area contributed by atoms with Gasteiger partial charge in [-0.05, 0) is 19.9 Å². The Kier molecular flexibility index (Phi) is 3.64. The molecule has 1 aliphatic heterocycles. The van der Waals surface area contributed by atoms with Gasteiger partial charge in [-0.15, -0.1) is 0 Å². The first-order valence-electron chi connectivity index (χ1n) is 5.56. The predicted octanol–water partition coefficient (Wildman–Crippen LogP) is 1.53. The first kappa shape index (κ1) is 13.7. The molecule has 0 unspecified atom stereocenters. The Morgan fingerprint density at radius 3 is 2.83 bits per heavy atom. The quantitative estimate of drug-likeness (QED) is 0.829. The fourth-order valence-corrected chi connectivity index (χ4v) is 3.85. The highest BCUT2D eigenvalue weighted by Crippen LogP contribution is 2.27. The summed E-state index contributed by atoms with van der Waals surface area (Å²) in [5.74, 6) is 0. The summed E-state index contributed by atoms with van der Waals surface area (Å²) in [6.45, 7) is 4.74. The summed E-state index contributed by atoms with van der Waals surface area (Å²) in [6.07, 6.45) is 2.74. The Balaban J connectivity index is 2.35. The largest absolute Gasteiger partial charge is 0.373 e. The van der Waals surface area contributed by atoms with Crippen molar-refractivity contribution in [1.29, 1.82) is 0 Å². The Bertz CT molecular complexity index is 545. The van der Waals surface area contributed by atoms with Gasteiger partial charge in [0.15, 0.2) is 0 Å². The van der Waals surface area contributed by atoms with Crippen LogP contribution < -0.4 is 0 Å². The SMILES string of the molecule is CC1(C)CN(S(=O)(=O)c2cnccc2Cl)CCO1. The van der Waals surface area contributed by atoms with Gasteiger partial charge in [0.1, 0.15) is 4.90 Å². The minimum absolute atomic E-state index is 0.0457. The molecule has 0 saturated carbocycles. The van der Waals surface area contributed by atoms with E-state index in [4.69, 9.17) is 16.3 Å². The molecule has 1 fully saturated rings. The second-order valence-electron chi connectivity index (χ2n) is 4.75. The molecule has 7 heteroatoms. The number of hydrogen-bond acceptors (Lipinski definition) is 4. The molecule has 0 aliphatic carbocycles. The van der Waals surface area contributed by atoms with Crippen molar-refractivity contribution in [2.45, 2.75) is 24.3 Å². The number of sulfonamides is 1. The highest BCUT2D eigenvalue weighted by atomic mass is 35.5. The zero-order chi connectivity index (χ0) is 13.4. The van der Waals surface area contributed by atoms with E-state index in [0.717, 1.165) is 0 Å². The lowest BCUT2D eigenvalue weighted by Crippen LogP contribution is -2.50. The molecule has 1 aromatic rings. The van der Waals surface area contributed by atoms with Crippen molar-refractivity contribution in [3.05, 3.63) is 23.5 Å². The fraction of sp³-hybridized carbons (Fsp3) is 0.545. The molecule has 1 saturated heterocycles. The lowest BCUT2D eigenvalue weighted by Gasteiger charge is -2.37. The van der Waals surface area contributed by atoms with Gasteiger partial charge < -0.3 is 4.74 Å². The summed E-state index contributed by atoms with van der Waals surface area (Å²) >= 11 is 5.92. The van der Waals surface area contributed by atoms with Crippen LogP contribution in [-0.2, 0) is 14.8 Å². The highest BCUT2D eigenvalue weighted by Gasteiger charge is 2.35. The van der Waals surface area contributed by atoms with Crippen molar-refractivity contribution in [3.63, 3.8) is 0 Å². The van der Waals surface area contributed by atoms with Gasteiger partial charge >= 0.3 is 0 Å². The number of morpholine rings is 1. The van der Waals surface area contributed by atoms with Crippen molar-refractivity contribution >= 4 is 21.6 Å². The first-order chi connectivity index (χ1) is 8.33. The molecule has 0 bridgehead atoms. The molecular weight excluding hydrogens is 276 g/mol. The predicted molar refractivity (Wildman–Crippen MR) is 68.0 cm³/mol. The van der Waals surface area contributed by atoms with Crippen molar-refractivity contribution in [1.82, 2.24) is 9.29 Å². The average molecular weight is 291 g/mol. The molecule has 0 N–H and O–H groups in total. The molecule has 1 aliphatic rings. The van der Waals surface area contributed by atoms with E-state index in [1.54, 1.807) is 0 Å². The van der Waals surface area contributed by atoms with Crippen LogP contribution >= 0.6 is 11.6 Å². The molecule has 0 atom stereocenters. The van der Waals surface area contributed by atoms with Gasteiger partial charge in [-0.2, -0.15) is 4.31 Å². The third-order valence-electron chi connectivity index (χ3n) is 2.74. The average Bonchev–Trinajstić information content (AvgIpc) is 2.28. The molecular formula is C11H15ClN2O3S. The van der Waals surface area contributed by atoms with Gasteiger partial charge in [-0.3, -0.25) is 4.98 Å². The van der Waals surface area contributed by atoms with Crippen LogP contribution in [0.5, 0.6) is 0 Å². The van der Waals surface area contributed by atoms with Gasteiger partial charge in [-0.1, -0.05) is 11.6 Å². The molecule has 18 heavy (non-hydrogen) atoms. The standard InChI is InChI=1S/C11H15ClN2O3S/c1-11(2)8-14(5-6-17-11)18(15,16)10-7-13-4-3-9(10)12/h3-4,7H,5-6,8H2,1-2H3. The number of ether oxygens (including phenoxy) is 1. The van der Waals surface area contributed by atoms with E-state index in [1.165, 1.54) is 22.8 Å². The van der Waals surface area contributed by atoms with Crippen LogP contribution in [0.1, 0.15) is 13.8 Å². The number of nitrogens with zero attached hydrogens (tertiary/aromatic N) is 2. The summed E-state index contributed by atoms with van der Waals surface area (Å²) < 4.78 is 31.8. The third-order valence-corrected chi connectivity index (χ3v) is 5.06. The van der Waals surface area contributed by atoms with E-state index < -0.39 is 15.6 Å². The number of hydrogen-bond donors (Lipinski definition) is 0. The molecule has 5 nitrogen and oxygen atoms in total. The number of halogens is 1. The van der Waals surface area contributed by atoms with Crippen LogP contribution in [0.15, 0.2) is 23.4 Å². The molecule has 100 valence electrons. The van der Waals surface area contributed by atoms with Crippen LogP contribution in [0, 0.1) is 0 Å². The topological polar surface area (TPSA) is 59.5 Å².